The number of piperazine rings is 1. The standard InChI is InChI=1S/C18H28N2/c1-13(2)17-12-20(14(3)11-19-17)18-10-6-8-15-7-4-5-9-16(15)18/h6,8,10,13-14,17,19H,4-5,7,9,11-12H2,1-3H3. The van der Waals surface area contributed by atoms with Crippen molar-refractivity contribution < 1.29 is 0 Å². The fourth-order valence-electron chi connectivity index (χ4n) is 3.70. The average molecular weight is 272 g/mol. The molecule has 0 amide bonds. The summed E-state index contributed by atoms with van der Waals surface area (Å²) < 4.78 is 0. The second-order valence-corrected chi connectivity index (χ2v) is 6.88. The molecule has 2 atom stereocenters. The third-order valence-electron chi connectivity index (χ3n) is 5.09. The van der Waals surface area contributed by atoms with Crippen molar-refractivity contribution >= 4 is 5.69 Å². The van der Waals surface area contributed by atoms with E-state index in [-0.39, 0.29) is 0 Å². The van der Waals surface area contributed by atoms with E-state index in [1.54, 1.807) is 11.1 Å². The summed E-state index contributed by atoms with van der Waals surface area (Å²) in [7, 11) is 0. The first-order chi connectivity index (χ1) is 9.66. The van der Waals surface area contributed by atoms with Crippen LogP contribution in [-0.4, -0.2) is 25.2 Å². The summed E-state index contributed by atoms with van der Waals surface area (Å²) in [4.78, 5) is 2.66. The van der Waals surface area contributed by atoms with Crippen molar-refractivity contribution in [3.63, 3.8) is 0 Å². The Bertz CT molecular complexity index is 466. The molecule has 1 aromatic rings. The van der Waals surface area contributed by atoms with Crippen LogP contribution in [-0.2, 0) is 12.8 Å². The molecule has 0 saturated carbocycles. The number of aryl methyl sites for hydroxylation is 1. The summed E-state index contributed by atoms with van der Waals surface area (Å²) in [6.45, 7) is 9.26. The summed E-state index contributed by atoms with van der Waals surface area (Å²) >= 11 is 0. The maximum absolute atomic E-state index is 3.71. The van der Waals surface area contributed by atoms with Crippen molar-refractivity contribution in [2.45, 2.75) is 58.5 Å². The van der Waals surface area contributed by atoms with E-state index in [1.807, 2.05) is 0 Å². The van der Waals surface area contributed by atoms with E-state index in [9.17, 15) is 0 Å². The largest absolute Gasteiger partial charge is 0.366 e. The van der Waals surface area contributed by atoms with Gasteiger partial charge in [-0.05, 0) is 55.7 Å². The van der Waals surface area contributed by atoms with E-state index in [2.05, 4.69) is 49.2 Å². The minimum absolute atomic E-state index is 0.596. The Kier molecular flexibility index (Phi) is 4.02. The molecular weight excluding hydrogens is 244 g/mol. The second-order valence-electron chi connectivity index (χ2n) is 6.88. The SMILES string of the molecule is CC(C)C1CN(c2cccc3c2CCCC3)C(C)CN1. The average Bonchev–Trinajstić information content (AvgIpc) is 2.47. The van der Waals surface area contributed by atoms with Crippen molar-refractivity contribution in [2.75, 3.05) is 18.0 Å². The summed E-state index contributed by atoms with van der Waals surface area (Å²) in [5.41, 5.74) is 4.75. The second kappa shape index (κ2) is 5.77. The van der Waals surface area contributed by atoms with Gasteiger partial charge in [-0.3, -0.25) is 0 Å². The lowest BCUT2D eigenvalue weighted by molar-refractivity contribution is 0.336. The number of hydrogen-bond acceptors (Lipinski definition) is 2. The Labute approximate surface area is 123 Å². The van der Waals surface area contributed by atoms with Gasteiger partial charge in [-0.1, -0.05) is 26.0 Å². The number of rotatable bonds is 2. The van der Waals surface area contributed by atoms with Crippen LogP contribution in [0.15, 0.2) is 18.2 Å². The maximum atomic E-state index is 3.71. The van der Waals surface area contributed by atoms with E-state index < -0.39 is 0 Å². The van der Waals surface area contributed by atoms with Crippen molar-refractivity contribution in [1.82, 2.24) is 5.32 Å². The van der Waals surface area contributed by atoms with Crippen LogP contribution in [0.2, 0.25) is 0 Å². The molecule has 2 aliphatic rings. The predicted octanol–water partition coefficient (Wildman–Crippen LogP) is 3.39. The molecule has 20 heavy (non-hydrogen) atoms. The predicted molar refractivity (Wildman–Crippen MR) is 86.5 cm³/mol. The molecule has 2 heteroatoms. The monoisotopic (exact) mass is 272 g/mol. The lowest BCUT2D eigenvalue weighted by Crippen LogP contribution is -2.57. The van der Waals surface area contributed by atoms with E-state index in [0.29, 0.717) is 18.0 Å². The first-order valence-electron chi connectivity index (χ1n) is 8.27. The van der Waals surface area contributed by atoms with Crippen LogP contribution in [0, 0.1) is 5.92 Å². The number of nitrogens with one attached hydrogen (secondary N) is 1. The van der Waals surface area contributed by atoms with Gasteiger partial charge in [0.15, 0.2) is 0 Å². The highest BCUT2D eigenvalue weighted by Gasteiger charge is 2.28. The van der Waals surface area contributed by atoms with Gasteiger partial charge < -0.3 is 10.2 Å². The van der Waals surface area contributed by atoms with Gasteiger partial charge >= 0.3 is 0 Å². The van der Waals surface area contributed by atoms with E-state index in [0.717, 1.165) is 13.1 Å². The molecule has 2 unspecified atom stereocenters. The van der Waals surface area contributed by atoms with Gasteiger partial charge in [0.2, 0.25) is 0 Å². The van der Waals surface area contributed by atoms with Crippen LogP contribution in [0.1, 0.15) is 44.7 Å². The van der Waals surface area contributed by atoms with Gasteiger partial charge in [0.05, 0.1) is 0 Å². The van der Waals surface area contributed by atoms with Gasteiger partial charge in [0.1, 0.15) is 0 Å². The molecule has 2 nitrogen and oxygen atoms in total. The minimum Gasteiger partial charge on any atom is -0.366 e. The number of hydrogen-bond donors (Lipinski definition) is 1. The fourth-order valence-corrected chi connectivity index (χ4v) is 3.70. The lowest BCUT2D eigenvalue weighted by Gasteiger charge is -2.43. The topological polar surface area (TPSA) is 15.3 Å². The maximum Gasteiger partial charge on any atom is 0.0404 e. The third kappa shape index (κ3) is 2.58. The van der Waals surface area contributed by atoms with Crippen LogP contribution in [0.4, 0.5) is 5.69 Å². The van der Waals surface area contributed by atoms with Crippen molar-refractivity contribution in [2.24, 2.45) is 5.92 Å². The van der Waals surface area contributed by atoms with Crippen LogP contribution in [0.5, 0.6) is 0 Å². The molecule has 1 N–H and O–H groups in total. The molecule has 0 radical (unpaired) electrons. The van der Waals surface area contributed by atoms with Gasteiger partial charge in [0, 0.05) is 30.9 Å². The Balaban J connectivity index is 1.90. The normalized spacial score (nSPS) is 26.7. The molecule has 110 valence electrons. The first-order valence-corrected chi connectivity index (χ1v) is 8.27. The first kappa shape index (κ1) is 13.9. The summed E-state index contributed by atoms with van der Waals surface area (Å²) in [5, 5.41) is 3.71. The highest BCUT2D eigenvalue weighted by molar-refractivity contribution is 5.58. The molecule has 1 aliphatic heterocycles. The highest BCUT2D eigenvalue weighted by atomic mass is 15.2. The summed E-state index contributed by atoms with van der Waals surface area (Å²) in [6.07, 6.45) is 5.27. The molecule has 0 aromatic heterocycles. The van der Waals surface area contributed by atoms with Crippen LogP contribution in [0.3, 0.4) is 0 Å². The highest BCUT2D eigenvalue weighted by Crippen LogP contribution is 2.32. The van der Waals surface area contributed by atoms with Crippen LogP contribution < -0.4 is 10.2 Å². The van der Waals surface area contributed by atoms with Crippen molar-refractivity contribution in [1.29, 1.82) is 0 Å². The summed E-state index contributed by atoms with van der Waals surface area (Å²) in [5.74, 6) is 0.699. The van der Waals surface area contributed by atoms with Gasteiger partial charge in [-0.15, -0.1) is 0 Å². The van der Waals surface area contributed by atoms with Crippen LogP contribution in [0.25, 0.3) is 0 Å². The zero-order valence-corrected chi connectivity index (χ0v) is 13.2. The Morgan fingerprint density at radius 1 is 1.20 bits per heavy atom. The number of anilines is 1. The molecule has 1 heterocycles. The summed E-state index contributed by atoms with van der Waals surface area (Å²) in [6, 6.07) is 8.16. The minimum atomic E-state index is 0.596. The number of nitrogens with zero attached hydrogens (tertiary/aromatic N) is 1. The van der Waals surface area contributed by atoms with E-state index in [1.165, 1.54) is 31.4 Å². The molecular formula is C18H28N2. The van der Waals surface area contributed by atoms with Crippen LogP contribution >= 0.6 is 0 Å². The van der Waals surface area contributed by atoms with E-state index >= 15 is 0 Å². The zero-order valence-electron chi connectivity index (χ0n) is 13.2. The van der Waals surface area contributed by atoms with Gasteiger partial charge in [-0.2, -0.15) is 0 Å². The molecule has 0 bridgehead atoms. The molecule has 1 fully saturated rings. The lowest BCUT2D eigenvalue weighted by atomic mass is 9.89. The molecule has 1 aromatic carbocycles. The third-order valence-corrected chi connectivity index (χ3v) is 5.09. The molecule has 3 rings (SSSR count). The van der Waals surface area contributed by atoms with Gasteiger partial charge in [-0.25, -0.2) is 0 Å². The Hall–Kier alpha value is -1.02. The molecule has 1 aliphatic carbocycles. The molecule has 1 saturated heterocycles. The zero-order chi connectivity index (χ0) is 14.1. The Morgan fingerprint density at radius 3 is 2.80 bits per heavy atom. The van der Waals surface area contributed by atoms with E-state index in [4.69, 9.17) is 0 Å². The number of fused-ring (bicyclic) bond motifs is 1. The Morgan fingerprint density at radius 2 is 2.00 bits per heavy atom. The fraction of sp³-hybridized carbons (Fsp3) is 0.667. The smallest absolute Gasteiger partial charge is 0.0404 e. The molecule has 0 spiro atoms. The van der Waals surface area contributed by atoms with Crippen molar-refractivity contribution in [3.05, 3.63) is 29.3 Å². The quantitative estimate of drug-likeness (QED) is 0.888. The van der Waals surface area contributed by atoms with Crippen molar-refractivity contribution in [3.8, 4) is 0 Å². The van der Waals surface area contributed by atoms with Gasteiger partial charge in [0.25, 0.3) is 0 Å². The number of benzene rings is 1.